The molecule has 1 amide bonds. The smallest absolute Gasteiger partial charge is 0.255 e. The lowest BCUT2D eigenvalue weighted by Crippen LogP contribution is -2.48. The minimum Gasteiger partial charge on any atom is -0.345 e. The third kappa shape index (κ3) is 3.76. The molecule has 2 saturated heterocycles. The first-order chi connectivity index (χ1) is 13.5. The van der Waals surface area contributed by atoms with Gasteiger partial charge in [-0.2, -0.15) is 4.31 Å². The number of carbonyl (C=O) groups excluding carboxylic acids is 1. The first-order valence-electron chi connectivity index (χ1n) is 9.20. The van der Waals surface area contributed by atoms with Crippen molar-refractivity contribution in [3.8, 4) is 0 Å². The monoisotopic (exact) mass is 440 g/mol. The highest BCUT2D eigenvalue weighted by molar-refractivity contribution is 7.89. The molecule has 28 heavy (non-hydrogen) atoms. The van der Waals surface area contributed by atoms with Gasteiger partial charge < -0.3 is 9.80 Å². The molecule has 0 N–H and O–H groups in total. The molecule has 2 fully saturated rings. The van der Waals surface area contributed by atoms with Gasteiger partial charge in [0.25, 0.3) is 5.91 Å². The van der Waals surface area contributed by atoms with E-state index >= 15 is 0 Å². The van der Waals surface area contributed by atoms with Gasteiger partial charge in [-0.3, -0.25) is 4.79 Å². The largest absolute Gasteiger partial charge is 0.345 e. The van der Waals surface area contributed by atoms with Crippen molar-refractivity contribution in [2.75, 3.05) is 44.2 Å². The SMILES string of the molecule is O=C(c1cc(S(=O)(=O)N2CCCC2)ccc1Cl)N1CCN(c2nccs2)CC1. The summed E-state index contributed by atoms with van der Waals surface area (Å²) in [6.45, 7) is 3.49. The van der Waals surface area contributed by atoms with Crippen LogP contribution in [0.2, 0.25) is 5.02 Å². The van der Waals surface area contributed by atoms with Crippen LogP contribution in [-0.4, -0.2) is 67.8 Å². The molecule has 1 aromatic carbocycles. The number of carbonyl (C=O) groups is 1. The van der Waals surface area contributed by atoms with Crippen LogP contribution in [0, 0.1) is 0 Å². The van der Waals surface area contributed by atoms with Gasteiger partial charge in [0.1, 0.15) is 0 Å². The molecule has 0 atom stereocenters. The number of halogens is 1. The lowest BCUT2D eigenvalue weighted by Gasteiger charge is -2.34. The van der Waals surface area contributed by atoms with Crippen molar-refractivity contribution in [3.05, 3.63) is 40.4 Å². The summed E-state index contributed by atoms with van der Waals surface area (Å²) < 4.78 is 27.1. The number of aromatic nitrogens is 1. The molecule has 0 bridgehead atoms. The van der Waals surface area contributed by atoms with Gasteiger partial charge in [0.2, 0.25) is 10.0 Å². The molecule has 4 rings (SSSR count). The van der Waals surface area contributed by atoms with E-state index < -0.39 is 10.0 Å². The maximum atomic E-state index is 13.0. The highest BCUT2D eigenvalue weighted by Gasteiger charge is 2.30. The molecule has 0 aliphatic carbocycles. The zero-order valence-corrected chi connectivity index (χ0v) is 17.6. The molecule has 10 heteroatoms. The van der Waals surface area contributed by atoms with Crippen LogP contribution < -0.4 is 4.90 Å². The number of benzene rings is 1. The molecular weight excluding hydrogens is 420 g/mol. The van der Waals surface area contributed by atoms with Crippen LogP contribution in [0.5, 0.6) is 0 Å². The summed E-state index contributed by atoms with van der Waals surface area (Å²) in [5.74, 6) is -0.234. The Labute approximate surface area is 173 Å². The summed E-state index contributed by atoms with van der Waals surface area (Å²) in [5, 5.41) is 3.15. The van der Waals surface area contributed by atoms with Gasteiger partial charge >= 0.3 is 0 Å². The predicted octanol–water partition coefficient (Wildman–Crippen LogP) is 2.54. The number of piperazine rings is 1. The summed E-state index contributed by atoms with van der Waals surface area (Å²) >= 11 is 7.83. The van der Waals surface area contributed by atoms with E-state index in [1.807, 2.05) is 5.38 Å². The van der Waals surface area contributed by atoms with Crippen LogP contribution in [-0.2, 0) is 10.0 Å². The Morgan fingerprint density at radius 1 is 1.07 bits per heavy atom. The van der Waals surface area contributed by atoms with E-state index in [2.05, 4.69) is 9.88 Å². The van der Waals surface area contributed by atoms with Crippen molar-refractivity contribution in [2.45, 2.75) is 17.7 Å². The highest BCUT2D eigenvalue weighted by atomic mass is 35.5. The third-order valence-electron chi connectivity index (χ3n) is 5.13. The highest BCUT2D eigenvalue weighted by Crippen LogP contribution is 2.27. The Morgan fingerprint density at radius 2 is 1.79 bits per heavy atom. The Balaban J connectivity index is 1.51. The van der Waals surface area contributed by atoms with Gasteiger partial charge in [-0.1, -0.05) is 11.6 Å². The summed E-state index contributed by atoms with van der Waals surface area (Å²) in [5.41, 5.74) is 0.240. The molecule has 0 spiro atoms. The third-order valence-corrected chi connectivity index (χ3v) is 8.18. The molecule has 3 heterocycles. The Bertz CT molecular complexity index is 951. The molecule has 0 saturated carbocycles. The standard InChI is InChI=1S/C18H21ClN4O3S2/c19-16-4-3-14(28(25,26)23-6-1-2-7-23)13-15(16)17(24)21-8-10-22(11-9-21)18-20-5-12-27-18/h3-5,12-13H,1-2,6-11H2. The molecular formula is C18H21ClN4O3S2. The number of hydrogen-bond donors (Lipinski definition) is 0. The van der Waals surface area contributed by atoms with Gasteiger partial charge in [-0.15, -0.1) is 11.3 Å². The lowest BCUT2D eigenvalue weighted by molar-refractivity contribution is 0.0746. The lowest BCUT2D eigenvalue weighted by atomic mass is 10.2. The van der Waals surface area contributed by atoms with Crippen molar-refractivity contribution in [1.29, 1.82) is 0 Å². The van der Waals surface area contributed by atoms with Gasteiger partial charge in [-0.25, -0.2) is 13.4 Å². The van der Waals surface area contributed by atoms with Crippen LogP contribution in [0.4, 0.5) is 5.13 Å². The minimum absolute atomic E-state index is 0.128. The molecule has 150 valence electrons. The first kappa shape index (κ1) is 19.6. The maximum Gasteiger partial charge on any atom is 0.255 e. The van der Waals surface area contributed by atoms with Gasteiger partial charge in [0, 0.05) is 50.8 Å². The Morgan fingerprint density at radius 3 is 2.43 bits per heavy atom. The number of anilines is 1. The molecule has 7 nitrogen and oxygen atoms in total. The number of sulfonamides is 1. The van der Waals surface area contributed by atoms with Crippen molar-refractivity contribution >= 4 is 44.0 Å². The van der Waals surface area contributed by atoms with E-state index in [9.17, 15) is 13.2 Å². The van der Waals surface area contributed by atoms with Gasteiger partial charge in [-0.05, 0) is 31.0 Å². The van der Waals surface area contributed by atoms with E-state index in [1.54, 1.807) is 22.4 Å². The van der Waals surface area contributed by atoms with E-state index in [-0.39, 0.29) is 21.4 Å². The number of hydrogen-bond acceptors (Lipinski definition) is 6. The van der Waals surface area contributed by atoms with Crippen LogP contribution in [0.3, 0.4) is 0 Å². The van der Waals surface area contributed by atoms with E-state index in [4.69, 9.17) is 11.6 Å². The average molecular weight is 441 g/mol. The molecule has 1 aromatic heterocycles. The summed E-state index contributed by atoms with van der Waals surface area (Å²) in [4.78, 5) is 21.3. The van der Waals surface area contributed by atoms with E-state index in [0.717, 1.165) is 18.0 Å². The summed E-state index contributed by atoms with van der Waals surface area (Å²) in [6, 6.07) is 4.41. The molecule has 2 aromatic rings. The quantitative estimate of drug-likeness (QED) is 0.730. The predicted molar refractivity (Wildman–Crippen MR) is 110 cm³/mol. The van der Waals surface area contributed by atoms with Crippen LogP contribution in [0.1, 0.15) is 23.2 Å². The minimum atomic E-state index is -3.59. The van der Waals surface area contributed by atoms with E-state index in [1.165, 1.54) is 22.5 Å². The normalized spacial score (nSPS) is 18.6. The second kappa shape index (κ2) is 7.98. The summed E-state index contributed by atoms with van der Waals surface area (Å²) in [6.07, 6.45) is 3.49. The fourth-order valence-electron chi connectivity index (χ4n) is 3.55. The van der Waals surface area contributed by atoms with E-state index in [0.29, 0.717) is 39.3 Å². The summed E-state index contributed by atoms with van der Waals surface area (Å²) in [7, 11) is -3.59. The number of amides is 1. The number of nitrogens with zero attached hydrogens (tertiary/aromatic N) is 4. The second-order valence-corrected chi connectivity index (χ2v) is 10.1. The first-order valence-corrected chi connectivity index (χ1v) is 11.9. The van der Waals surface area contributed by atoms with Crippen molar-refractivity contribution in [1.82, 2.24) is 14.2 Å². The van der Waals surface area contributed by atoms with Crippen molar-refractivity contribution < 1.29 is 13.2 Å². The van der Waals surface area contributed by atoms with Crippen LogP contribution in [0.25, 0.3) is 0 Å². The Hall–Kier alpha value is -1.68. The fraction of sp³-hybridized carbons (Fsp3) is 0.444. The average Bonchev–Trinajstić information content (AvgIpc) is 3.42. The molecule has 2 aliphatic heterocycles. The van der Waals surface area contributed by atoms with Crippen molar-refractivity contribution in [2.24, 2.45) is 0 Å². The van der Waals surface area contributed by atoms with Crippen molar-refractivity contribution in [3.63, 3.8) is 0 Å². The fourth-order valence-corrected chi connectivity index (χ4v) is 5.99. The number of thiazole rings is 1. The van der Waals surface area contributed by atoms with Gasteiger partial charge in [0.05, 0.1) is 15.5 Å². The van der Waals surface area contributed by atoms with Gasteiger partial charge in [0.15, 0.2) is 5.13 Å². The van der Waals surface area contributed by atoms with Crippen LogP contribution >= 0.6 is 22.9 Å². The topological polar surface area (TPSA) is 73.8 Å². The maximum absolute atomic E-state index is 13.0. The molecule has 2 aliphatic rings. The molecule has 0 unspecified atom stereocenters. The second-order valence-electron chi connectivity index (χ2n) is 6.85. The molecule has 0 radical (unpaired) electrons. The zero-order chi connectivity index (χ0) is 19.7. The zero-order valence-electron chi connectivity index (χ0n) is 15.3. The Kier molecular flexibility index (Phi) is 5.59. The van der Waals surface area contributed by atoms with Crippen LogP contribution in [0.15, 0.2) is 34.7 Å². The number of rotatable bonds is 4.